The van der Waals surface area contributed by atoms with Gasteiger partial charge in [0.05, 0.1) is 16.3 Å². The smallest absolute Gasteiger partial charge is 0.174 e. The van der Waals surface area contributed by atoms with E-state index in [-0.39, 0.29) is 0 Å². The number of hydrogen-bond acceptors (Lipinski definition) is 2. The van der Waals surface area contributed by atoms with E-state index < -0.39 is 7.14 Å². The first-order valence-corrected chi connectivity index (χ1v) is 17.1. The number of para-hydroxylation sites is 3. The van der Waals surface area contributed by atoms with E-state index >= 15 is 4.57 Å². The lowest BCUT2D eigenvalue weighted by molar-refractivity contribution is 0.486. The summed E-state index contributed by atoms with van der Waals surface area (Å²) in [4.78, 5) is 0. The van der Waals surface area contributed by atoms with Crippen LogP contribution in [0, 0.1) is 0 Å². The van der Waals surface area contributed by atoms with E-state index in [0.717, 1.165) is 27.4 Å². The Kier molecular flexibility index (Phi) is 7.10. The molecule has 0 saturated carbocycles. The molecule has 0 aliphatic rings. The molecule has 0 radical (unpaired) electrons. The van der Waals surface area contributed by atoms with Crippen LogP contribution in [0.1, 0.15) is 0 Å². The van der Waals surface area contributed by atoms with E-state index in [2.05, 4.69) is 89.5 Å². The highest BCUT2D eigenvalue weighted by Gasteiger charge is 2.32. The molecule has 0 amide bonds. The van der Waals surface area contributed by atoms with Gasteiger partial charge in [-0.2, -0.15) is 0 Å². The molecule has 3 nitrogen and oxygen atoms in total. The van der Waals surface area contributed by atoms with Gasteiger partial charge < -0.3 is 13.9 Å². The number of fused-ring (bicyclic) bond motifs is 3. The first-order chi connectivity index (χ1) is 22.7. The minimum Gasteiger partial charge on any atom is -0.457 e. The minimum atomic E-state index is -3.19. The van der Waals surface area contributed by atoms with Crippen molar-refractivity contribution < 1.29 is 9.30 Å². The van der Waals surface area contributed by atoms with Crippen molar-refractivity contribution in [3.05, 3.63) is 182 Å². The van der Waals surface area contributed by atoms with Crippen LogP contribution in [0.3, 0.4) is 0 Å². The predicted octanol–water partition coefficient (Wildman–Crippen LogP) is 9.88. The monoisotopic (exact) mass is 611 g/mol. The molecule has 0 bridgehead atoms. The molecular formula is C42H30NO2P. The van der Waals surface area contributed by atoms with Crippen molar-refractivity contribution in [2.45, 2.75) is 0 Å². The number of ether oxygens (including phenoxy) is 1. The Hall–Kier alpha value is -5.63. The van der Waals surface area contributed by atoms with E-state index in [1.54, 1.807) is 0 Å². The highest BCUT2D eigenvalue weighted by Crippen LogP contribution is 2.45. The number of benzene rings is 7. The van der Waals surface area contributed by atoms with E-state index in [1.807, 2.05) is 97.1 Å². The third-order valence-corrected chi connectivity index (χ3v) is 11.7. The van der Waals surface area contributed by atoms with Gasteiger partial charge in [0.15, 0.2) is 7.14 Å². The van der Waals surface area contributed by atoms with Crippen LogP contribution < -0.4 is 20.7 Å². The summed E-state index contributed by atoms with van der Waals surface area (Å²) in [5, 5.41) is 4.73. The van der Waals surface area contributed by atoms with E-state index in [9.17, 15) is 0 Å². The summed E-state index contributed by atoms with van der Waals surface area (Å²) in [6, 6.07) is 60.9. The highest BCUT2D eigenvalue weighted by atomic mass is 31.2. The van der Waals surface area contributed by atoms with Crippen LogP contribution >= 0.6 is 7.14 Å². The molecule has 1 aromatic heterocycles. The third-order valence-electron chi connectivity index (χ3n) is 8.57. The zero-order valence-electron chi connectivity index (χ0n) is 25.0. The van der Waals surface area contributed by atoms with Gasteiger partial charge in [0, 0.05) is 27.1 Å². The highest BCUT2D eigenvalue weighted by molar-refractivity contribution is 7.85. The Balaban J connectivity index is 1.10. The molecule has 7 aromatic carbocycles. The van der Waals surface area contributed by atoms with Gasteiger partial charge in [-0.15, -0.1) is 0 Å². The Morgan fingerprint density at radius 1 is 0.435 bits per heavy atom. The first kappa shape index (κ1) is 27.9. The number of hydrogen-bond donors (Lipinski definition) is 0. The van der Waals surface area contributed by atoms with Gasteiger partial charge in [0.25, 0.3) is 0 Å². The molecule has 0 N–H and O–H groups in total. The van der Waals surface area contributed by atoms with E-state index in [1.165, 1.54) is 21.8 Å². The van der Waals surface area contributed by atoms with Crippen LogP contribution in [-0.4, -0.2) is 4.57 Å². The second-order valence-corrected chi connectivity index (χ2v) is 14.0. The molecule has 0 aliphatic carbocycles. The van der Waals surface area contributed by atoms with Crippen molar-refractivity contribution >= 4 is 44.9 Å². The minimum absolute atomic E-state index is 0.585. The lowest BCUT2D eigenvalue weighted by Gasteiger charge is -2.22. The van der Waals surface area contributed by atoms with Crippen LogP contribution in [-0.2, 0) is 4.57 Å². The zero-order valence-corrected chi connectivity index (χ0v) is 25.9. The molecule has 0 fully saturated rings. The molecule has 8 aromatic rings. The SMILES string of the molecule is O=P(c1ccccc1)(c1ccccc1)c1ccccc1Oc1ccc(-c2ccc(-n3c4ccccc4c4ccccc43)cc2)cc1. The summed E-state index contributed by atoms with van der Waals surface area (Å²) in [5.41, 5.74) is 5.73. The Morgan fingerprint density at radius 2 is 0.891 bits per heavy atom. The van der Waals surface area contributed by atoms with Crippen LogP contribution in [0.2, 0.25) is 0 Å². The summed E-state index contributed by atoms with van der Waals surface area (Å²) in [5.74, 6) is 1.27. The van der Waals surface area contributed by atoms with Gasteiger partial charge in [0.2, 0.25) is 0 Å². The Labute approximate surface area is 268 Å². The van der Waals surface area contributed by atoms with Crippen LogP contribution in [0.4, 0.5) is 0 Å². The van der Waals surface area contributed by atoms with Crippen molar-refractivity contribution in [3.8, 4) is 28.3 Å². The molecule has 0 saturated heterocycles. The maximum absolute atomic E-state index is 15.0. The predicted molar refractivity (Wildman–Crippen MR) is 192 cm³/mol. The molecule has 0 spiro atoms. The van der Waals surface area contributed by atoms with Crippen LogP contribution in [0.15, 0.2) is 182 Å². The third kappa shape index (κ3) is 4.83. The standard InChI is InChI=1S/C42H30NO2P/c44-46(35-13-3-1-4-14-35,36-15-5-2-6-16-36)42-22-12-11-21-41(42)45-34-29-25-32(26-30-34)31-23-27-33(28-24-31)43-39-19-9-7-17-37(39)38-18-8-10-20-40(38)43/h1-30H. The molecule has 0 atom stereocenters. The second-order valence-electron chi connectivity index (χ2n) is 11.3. The Morgan fingerprint density at radius 3 is 1.46 bits per heavy atom. The molecule has 8 rings (SSSR count). The summed E-state index contributed by atoms with van der Waals surface area (Å²) in [6.07, 6.45) is 0. The molecule has 220 valence electrons. The van der Waals surface area contributed by atoms with Gasteiger partial charge in [0.1, 0.15) is 11.5 Å². The molecule has 1 heterocycles. The first-order valence-electron chi connectivity index (χ1n) is 15.4. The molecule has 0 unspecified atom stereocenters. The molecule has 4 heteroatoms. The summed E-state index contributed by atoms with van der Waals surface area (Å²) in [6.45, 7) is 0. The molecule has 0 aliphatic heterocycles. The Bertz CT molecular complexity index is 2250. The summed E-state index contributed by atoms with van der Waals surface area (Å²) >= 11 is 0. The van der Waals surface area contributed by atoms with E-state index in [0.29, 0.717) is 16.8 Å². The normalized spacial score (nSPS) is 11.6. The van der Waals surface area contributed by atoms with Gasteiger partial charge in [-0.1, -0.05) is 133 Å². The molecule has 46 heavy (non-hydrogen) atoms. The zero-order chi connectivity index (χ0) is 30.9. The van der Waals surface area contributed by atoms with Crippen molar-refractivity contribution in [2.75, 3.05) is 0 Å². The maximum atomic E-state index is 15.0. The second kappa shape index (κ2) is 11.7. The fraction of sp³-hybridized carbons (Fsp3) is 0. The van der Waals surface area contributed by atoms with Crippen LogP contribution in [0.5, 0.6) is 11.5 Å². The van der Waals surface area contributed by atoms with Crippen molar-refractivity contribution in [1.29, 1.82) is 0 Å². The summed E-state index contributed by atoms with van der Waals surface area (Å²) in [7, 11) is -3.19. The molecular weight excluding hydrogens is 581 g/mol. The van der Waals surface area contributed by atoms with Crippen LogP contribution in [0.25, 0.3) is 38.6 Å². The number of rotatable bonds is 7. The number of nitrogens with zero attached hydrogens (tertiary/aromatic N) is 1. The van der Waals surface area contributed by atoms with Gasteiger partial charge in [-0.25, -0.2) is 0 Å². The average molecular weight is 612 g/mol. The van der Waals surface area contributed by atoms with E-state index in [4.69, 9.17) is 4.74 Å². The number of aromatic nitrogens is 1. The maximum Gasteiger partial charge on any atom is 0.174 e. The van der Waals surface area contributed by atoms with Gasteiger partial charge in [-0.05, 0) is 59.7 Å². The lowest BCUT2D eigenvalue weighted by atomic mass is 10.1. The fourth-order valence-corrected chi connectivity index (χ4v) is 9.12. The largest absolute Gasteiger partial charge is 0.457 e. The lowest BCUT2D eigenvalue weighted by Crippen LogP contribution is -2.25. The summed E-state index contributed by atoms with van der Waals surface area (Å²) < 4.78 is 23.8. The quantitative estimate of drug-likeness (QED) is 0.168. The average Bonchev–Trinajstić information content (AvgIpc) is 3.47. The topological polar surface area (TPSA) is 31.2 Å². The van der Waals surface area contributed by atoms with Gasteiger partial charge >= 0.3 is 0 Å². The van der Waals surface area contributed by atoms with Crippen molar-refractivity contribution in [1.82, 2.24) is 4.57 Å². The van der Waals surface area contributed by atoms with Crippen molar-refractivity contribution in [3.63, 3.8) is 0 Å². The van der Waals surface area contributed by atoms with Gasteiger partial charge in [-0.3, -0.25) is 0 Å². The van der Waals surface area contributed by atoms with Crippen molar-refractivity contribution in [2.24, 2.45) is 0 Å². The fourth-order valence-electron chi connectivity index (χ4n) is 6.35.